The minimum atomic E-state index is 0.0472. The van der Waals surface area contributed by atoms with Crippen molar-refractivity contribution in [3.05, 3.63) is 127 Å². The number of furan rings is 1. The van der Waals surface area contributed by atoms with Crippen LogP contribution in [-0.4, -0.2) is 11.3 Å². The lowest BCUT2D eigenvalue weighted by molar-refractivity contribution is 0.671. The van der Waals surface area contributed by atoms with Gasteiger partial charge in [0.1, 0.15) is 11.2 Å². The predicted molar refractivity (Wildman–Crippen MR) is 167 cm³/mol. The standard InChI is InChI=1S/C36H21BN2O/c1-2-11-22(12-3-1)38-29-17-8-6-15-27(29)37-33-30(38)18-10-19-31(33)39-28-16-7-4-13-23(28)25-21-26-24-14-5-9-20-32(24)40-36(26)34(37)35(25)39/h1-21H. The Bertz CT molecular complexity index is 2350. The highest BCUT2D eigenvalue weighted by Crippen LogP contribution is 2.43. The van der Waals surface area contributed by atoms with Crippen LogP contribution in [0.4, 0.5) is 17.1 Å². The van der Waals surface area contributed by atoms with Crippen LogP contribution in [0.1, 0.15) is 0 Å². The van der Waals surface area contributed by atoms with E-state index >= 15 is 0 Å². The van der Waals surface area contributed by atoms with Crippen LogP contribution in [0.2, 0.25) is 0 Å². The average Bonchev–Trinajstić information content (AvgIpc) is 3.56. The highest BCUT2D eigenvalue weighted by Gasteiger charge is 2.43. The van der Waals surface area contributed by atoms with E-state index in [2.05, 4.69) is 137 Å². The van der Waals surface area contributed by atoms with Crippen LogP contribution in [-0.2, 0) is 0 Å². The molecule has 0 aliphatic carbocycles. The summed E-state index contributed by atoms with van der Waals surface area (Å²) < 4.78 is 9.26. The largest absolute Gasteiger partial charge is 0.457 e. The molecule has 40 heavy (non-hydrogen) atoms. The second-order valence-electron chi connectivity index (χ2n) is 10.9. The molecule has 184 valence electrons. The molecule has 3 nitrogen and oxygen atoms in total. The molecule has 6 aromatic carbocycles. The maximum atomic E-state index is 6.78. The number of anilines is 3. The third-order valence-corrected chi connectivity index (χ3v) is 8.96. The monoisotopic (exact) mass is 508 g/mol. The molecule has 0 saturated carbocycles. The summed E-state index contributed by atoms with van der Waals surface area (Å²) >= 11 is 0. The third-order valence-electron chi connectivity index (χ3n) is 8.96. The van der Waals surface area contributed by atoms with Gasteiger partial charge in [-0.3, -0.25) is 0 Å². The zero-order chi connectivity index (χ0) is 25.9. The van der Waals surface area contributed by atoms with E-state index in [4.69, 9.17) is 4.42 Å². The fourth-order valence-corrected chi connectivity index (χ4v) is 7.46. The lowest BCUT2D eigenvalue weighted by Gasteiger charge is -2.40. The van der Waals surface area contributed by atoms with Gasteiger partial charge < -0.3 is 13.9 Å². The first kappa shape index (κ1) is 20.7. The van der Waals surface area contributed by atoms with E-state index in [0.717, 1.165) is 16.9 Å². The number of nitrogens with zero attached hydrogens (tertiary/aromatic N) is 2. The van der Waals surface area contributed by atoms with Crippen molar-refractivity contribution in [2.45, 2.75) is 0 Å². The summed E-state index contributed by atoms with van der Waals surface area (Å²) in [6.45, 7) is 0.0472. The van der Waals surface area contributed by atoms with Gasteiger partial charge in [-0.1, -0.05) is 78.9 Å². The third kappa shape index (κ3) is 2.39. The Morgan fingerprint density at radius 1 is 0.525 bits per heavy atom. The molecule has 8 aromatic rings. The van der Waals surface area contributed by atoms with Gasteiger partial charge in [-0.05, 0) is 64.9 Å². The summed E-state index contributed by atoms with van der Waals surface area (Å²) in [5, 5.41) is 4.91. The Balaban J connectivity index is 1.46. The van der Waals surface area contributed by atoms with Crippen LogP contribution in [0, 0.1) is 0 Å². The molecule has 2 aliphatic rings. The molecule has 0 saturated heterocycles. The Morgan fingerprint density at radius 2 is 1.25 bits per heavy atom. The Labute approximate surface area is 230 Å². The first-order valence-corrected chi connectivity index (χ1v) is 13.8. The molecule has 2 aliphatic heterocycles. The van der Waals surface area contributed by atoms with Crippen molar-refractivity contribution < 1.29 is 4.42 Å². The first-order valence-electron chi connectivity index (χ1n) is 13.8. The number of rotatable bonds is 1. The second kappa shape index (κ2) is 7.25. The van der Waals surface area contributed by atoms with Crippen molar-refractivity contribution in [3.63, 3.8) is 0 Å². The summed E-state index contributed by atoms with van der Waals surface area (Å²) in [5.41, 5.74) is 13.1. The van der Waals surface area contributed by atoms with E-state index < -0.39 is 0 Å². The summed E-state index contributed by atoms with van der Waals surface area (Å²) in [6.07, 6.45) is 0. The van der Waals surface area contributed by atoms with Gasteiger partial charge in [0.25, 0.3) is 6.71 Å². The Kier molecular flexibility index (Phi) is 3.75. The smallest absolute Gasteiger partial charge is 0.257 e. The van der Waals surface area contributed by atoms with Crippen molar-refractivity contribution in [3.8, 4) is 5.69 Å². The first-order chi connectivity index (χ1) is 19.9. The predicted octanol–water partition coefficient (Wildman–Crippen LogP) is 7.30. The highest BCUT2D eigenvalue weighted by molar-refractivity contribution is 7.01. The molecule has 0 radical (unpaired) electrons. The minimum Gasteiger partial charge on any atom is -0.457 e. The lowest BCUT2D eigenvalue weighted by Crippen LogP contribution is -2.60. The van der Waals surface area contributed by atoms with Crippen LogP contribution in [0.25, 0.3) is 49.4 Å². The molecular formula is C36H21BN2O. The summed E-state index contributed by atoms with van der Waals surface area (Å²) in [7, 11) is 0. The van der Waals surface area contributed by atoms with E-state index in [1.54, 1.807) is 0 Å². The van der Waals surface area contributed by atoms with Crippen molar-refractivity contribution in [1.82, 2.24) is 4.57 Å². The van der Waals surface area contributed by atoms with Gasteiger partial charge in [-0.2, -0.15) is 0 Å². The van der Waals surface area contributed by atoms with E-state index in [-0.39, 0.29) is 6.71 Å². The molecule has 0 unspecified atom stereocenters. The summed E-state index contributed by atoms with van der Waals surface area (Å²) in [4.78, 5) is 2.43. The lowest BCUT2D eigenvalue weighted by atomic mass is 9.33. The topological polar surface area (TPSA) is 21.3 Å². The SMILES string of the molecule is c1ccc(N2c3ccccc3B3c4c2cccc4-n2c4ccccc4c4cc5c(oc6ccccc65)c3c42)cc1. The average molecular weight is 508 g/mol. The number of hydrogen-bond donors (Lipinski definition) is 0. The zero-order valence-corrected chi connectivity index (χ0v) is 21.5. The van der Waals surface area contributed by atoms with Gasteiger partial charge in [0.15, 0.2) is 0 Å². The van der Waals surface area contributed by atoms with Gasteiger partial charge in [0, 0.05) is 44.3 Å². The number of para-hydroxylation sites is 4. The van der Waals surface area contributed by atoms with Crippen molar-refractivity contribution in [2.24, 2.45) is 0 Å². The highest BCUT2D eigenvalue weighted by atomic mass is 16.3. The molecule has 0 spiro atoms. The minimum absolute atomic E-state index is 0.0472. The molecule has 0 N–H and O–H groups in total. The molecule has 4 heteroatoms. The molecule has 0 bridgehead atoms. The van der Waals surface area contributed by atoms with Gasteiger partial charge in [-0.25, -0.2) is 0 Å². The van der Waals surface area contributed by atoms with Crippen molar-refractivity contribution in [2.75, 3.05) is 4.90 Å². The normalized spacial score (nSPS) is 13.4. The van der Waals surface area contributed by atoms with Crippen LogP contribution in [0.15, 0.2) is 132 Å². The van der Waals surface area contributed by atoms with E-state index in [1.807, 2.05) is 0 Å². The van der Waals surface area contributed by atoms with Crippen molar-refractivity contribution in [1.29, 1.82) is 0 Å². The maximum absolute atomic E-state index is 6.78. The van der Waals surface area contributed by atoms with Crippen LogP contribution in [0.5, 0.6) is 0 Å². The molecule has 4 heterocycles. The van der Waals surface area contributed by atoms with Crippen LogP contribution in [0.3, 0.4) is 0 Å². The Hall–Kier alpha value is -5.22. The Morgan fingerprint density at radius 3 is 2.17 bits per heavy atom. The molecule has 10 rings (SSSR count). The molecule has 0 fully saturated rings. The zero-order valence-electron chi connectivity index (χ0n) is 21.5. The van der Waals surface area contributed by atoms with Crippen molar-refractivity contribution >= 4 is 83.9 Å². The summed E-state index contributed by atoms with van der Waals surface area (Å²) in [5.74, 6) is 0. The fraction of sp³-hybridized carbons (Fsp3) is 0. The molecule has 0 amide bonds. The number of benzene rings is 6. The number of fused-ring (bicyclic) bond motifs is 11. The van der Waals surface area contributed by atoms with Gasteiger partial charge >= 0.3 is 0 Å². The fourth-order valence-electron chi connectivity index (χ4n) is 7.46. The van der Waals surface area contributed by atoms with E-state index in [1.165, 1.54) is 66.0 Å². The van der Waals surface area contributed by atoms with Crippen LogP contribution >= 0.6 is 0 Å². The molecular weight excluding hydrogens is 487 g/mol. The number of hydrogen-bond acceptors (Lipinski definition) is 2. The second-order valence-corrected chi connectivity index (χ2v) is 10.9. The van der Waals surface area contributed by atoms with E-state index in [0.29, 0.717) is 0 Å². The van der Waals surface area contributed by atoms with Gasteiger partial charge in [0.2, 0.25) is 0 Å². The van der Waals surface area contributed by atoms with Gasteiger partial charge in [0.05, 0.1) is 11.0 Å². The van der Waals surface area contributed by atoms with E-state index in [9.17, 15) is 0 Å². The quantitative estimate of drug-likeness (QED) is 0.217. The molecule has 0 atom stereocenters. The number of aromatic nitrogens is 1. The van der Waals surface area contributed by atoms with Crippen LogP contribution < -0.4 is 21.3 Å². The van der Waals surface area contributed by atoms with Gasteiger partial charge in [-0.15, -0.1) is 0 Å². The summed E-state index contributed by atoms with van der Waals surface area (Å²) in [6, 6.07) is 46.0. The molecule has 2 aromatic heterocycles. The maximum Gasteiger partial charge on any atom is 0.257 e.